The summed E-state index contributed by atoms with van der Waals surface area (Å²) >= 11 is 0. The Bertz CT molecular complexity index is 947. The van der Waals surface area contributed by atoms with Gasteiger partial charge >= 0.3 is 0 Å². The molecule has 1 fully saturated rings. The maximum Gasteiger partial charge on any atom is 0.243 e. The summed E-state index contributed by atoms with van der Waals surface area (Å²) in [6, 6.07) is 11.6. The molecule has 1 aliphatic heterocycles. The lowest BCUT2D eigenvalue weighted by Crippen LogP contribution is -2.46. The smallest absolute Gasteiger partial charge is 0.243 e. The standard InChI is InChI=1S/C21H25FN2O4S/c1-16-5-2-6-18(15-16)28-14-4-12-23-21(25)20-7-3-13-24(20)29(26,27)19-10-8-17(22)9-11-19/h2,5-6,8-11,15,20H,3-4,7,12-14H2,1H3,(H,23,25). The van der Waals surface area contributed by atoms with E-state index in [1.807, 2.05) is 31.2 Å². The Morgan fingerprint density at radius 2 is 2.00 bits per heavy atom. The highest BCUT2D eigenvalue weighted by Gasteiger charge is 2.39. The van der Waals surface area contributed by atoms with Crippen molar-refractivity contribution in [1.82, 2.24) is 9.62 Å². The van der Waals surface area contributed by atoms with Crippen LogP contribution in [0.25, 0.3) is 0 Å². The first-order valence-corrected chi connectivity index (χ1v) is 11.1. The number of ether oxygens (including phenoxy) is 1. The lowest BCUT2D eigenvalue weighted by Gasteiger charge is -2.23. The summed E-state index contributed by atoms with van der Waals surface area (Å²) in [7, 11) is -3.84. The summed E-state index contributed by atoms with van der Waals surface area (Å²) in [6.45, 7) is 3.10. The number of nitrogens with zero attached hydrogens (tertiary/aromatic N) is 1. The monoisotopic (exact) mass is 420 g/mol. The average molecular weight is 421 g/mol. The van der Waals surface area contributed by atoms with Crippen molar-refractivity contribution in [2.24, 2.45) is 0 Å². The van der Waals surface area contributed by atoms with Gasteiger partial charge in [-0.15, -0.1) is 0 Å². The Morgan fingerprint density at radius 1 is 1.24 bits per heavy atom. The molecule has 2 aromatic carbocycles. The number of amides is 1. The number of benzene rings is 2. The second-order valence-electron chi connectivity index (χ2n) is 7.04. The minimum atomic E-state index is -3.84. The van der Waals surface area contributed by atoms with Gasteiger partial charge < -0.3 is 10.1 Å². The fourth-order valence-electron chi connectivity index (χ4n) is 3.33. The molecule has 6 nitrogen and oxygen atoms in total. The lowest BCUT2D eigenvalue weighted by molar-refractivity contribution is -0.124. The predicted octanol–water partition coefficient (Wildman–Crippen LogP) is 2.87. The molecule has 0 spiro atoms. The Labute approximate surface area is 170 Å². The van der Waals surface area contributed by atoms with Gasteiger partial charge in [0.2, 0.25) is 15.9 Å². The van der Waals surface area contributed by atoms with Gasteiger partial charge in [0.1, 0.15) is 17.6 Å². The van der Waals surface area contributed by atoms with Crippen molar-refractivity contribution in [3.05, 3.63) is 59.9 Å². The van der Waals surface area contributed by atoms with Crippen molar-refractivity contribution in [3.8, 4) is 5.75 Å². The summed E-state index contributed by atoms with van der Waals surface area (Å²) in [5, 5.41) is 2.80. The van der Waals surface area contributed by atoms with Crippen molar-refractivity contribution in [1.29, 1.82) is 0 Å². The summed E-state index contributed by atoms with van der Waals surface area (Å²) in [5.41, 5.74) is 1.11. The molecule has 0 radical (unpaired) electrons. The highest BCUT2D eigenvalue weighted by molar-refractivity contribution is 7.89. The van der Waals surface area contributed by atoms with Gasteiger partial charge in [0.15, 0.2) is 0 Å². The maximum absolute atomic E-state index is 13.1. The highest BCUT2D eigenvalue weighted by Crippen LogP contribution is 2.26. The molecule has 1 atom stereocenters. The van der Waals surface area contributed by atoms with E-state index in [0.717, 1.165) is 23.4 Å². The van der Waals surface area contributed by atoms with E-state index in [2.05, 4.69) is 5.32 Å². The average Bonchev–Trinajstić information content (AvgIpc) is 3.19. The Morgan fingerprint density at radius 3 is 2.72 bits per heavy atom. The van der Waals surface area contributed by atoms with Gasteiger partial charge in [0, 0.05) is 13.1 Å². The van der Waals surface area contributed by atoms with Crippen molar-refractivity contribution in [2.75, 3.05) is 19.7 Å². The third kappa shape index (κ3) is 5.33. The van der Waals surface area contributed by atoms with E-state index >= 15 is 0 Å². The maximum atomic E-state index is 13.1. The number of carbonyl (C=O) groups excluding carboxylic acids is 1. The molecule has 8 heteroatoms. The van der Waals surface area contributed by atoms with Crippen LogP contribution in [0.1, 0.15) is 24.8 Å². The van der Waals surface area contributed by atoms with E-state index in [4.69, 9.17) is 4.74 Å². The molecule has 1 amide bonds. The zero-order chi connectivity index (χ0) is 20.9. The molecule has 0 saturated carbocycles. The molecule has 2 aromatic rings. The van der Waals surface area contributed by atoms with E-state index in [1.54, 1.807) is 0 Å². The molecule has 0 aromatic heterocycles. The minimum absolute atomic E-state index is 0.00912. The number of rotatable bonds is 8. The van der Waals surface area contributed by atoms with E-state index < -0.39 is 21.9 Å². The van der Waals surface area contributed by atoms with E-state index in [1.165, 1.54) is 16.4 Å². The third-order valence-corrected chi connectivity index (χ3v) is 6.73. The van der Waals surface area contributed by atoms with E-state index in [9.17, 15) is 17.6 Å². The SMILES string of the molecule is Cc1cccc(OCCCNC(=O)C2CCCN2S(=O)(=O)c2ccc(F)cc2)c1. The number of hydrogen-bond acceptors (Lipinski definition) is 4. The van der Waals surface area contributed by atoms with Crippen molar-refractivity contribution < 1.29 is 22.3 Å². The fraction of sp³-hybridized carbons (Fsp3) is 0.381. The van der Waals surface area contributed by atoms with Gasteiger partial charge in [0.05, 0.1) is 11.5 Å². The van der Waals surface area contributed by atoms with Crippen LogP contribution in [0.3, 0.4) is 0 Å². The zero-order valence-corrected chi connectivity index (χ0v) is 17.1. The molecule has 1 N–H and O–H groups in total. The van der Waals surface area contributed by atoms with Gasteiger partial charge in [0.25, 0.3) is 0 Å². The quantitative estimate of drug-likeness (QED) is 0.667. The topological polar surface area (TPSA) is 75.7 Å². The number of halogens is 1. The summed E-state index contributed by atoms with van der Waals surface area (Å²) in [5.74, 6) is -0.0417. The molecule has 156 valence electrons. The normalized spacial score (nSPS) is 17.2. The predicted molar refractivity (Wildman–Crippen MR) is 108 cm³/mol. The first kappa shape index (κ1) is 21.3. The molecule has 0 aliphatic carbocycles. The third-order valence-electron chi connectivity index (χ3n) is 4.81. The Kier molecular flexibility index (Phi) is 6.87. The molecule has 29 heavy (non-hydrogen) atoms. The number of nitrogens with one attached hydrogen (secondary N) is 1. The van der Waals surface area contributed by atoms with Crippen LogP contribution in [0.15, 0.2) is 53.4 Å². The molecule has 1 heterocycles. The fourth-order valence-corrected chi connectivity index (χ4v) is 4.98. The van der Waals surface area contributed by atoms with Gasteiger partial charge in [-0.25, -0.2) is 12.8 Å². The summed E-state index contributed by atoms with van der Waals surface area (Å²) < 4.78 is 45.6. The van der Waals surface area contributed by atoms with E-state index in [0.29, 0.717) is 32.4 Å². The minimum Gasteiger partial charge on any atom is -0.494 e. The lowest BCUT2D eigenvalue weighted by atomic mass is 10.2. The van der Waals surface area contributed by atoms with Crippen LogP contribution in [-0.2, 0) is 14.8 Å². The first-order chi connectivity index (χ1) is 13.9. The van der Waals surface area contributed by atoms with Crippen LogP contribution in [0.5, 0.6) is 5.75 Å². The summed E-state index contributed by atoms with van der Waals surface area (Å²) in [6.07, 6.45) is 1.68. The molecule has 1 aliphatic rings. The van der Waals surface area contributed by atoms with Crippen LogP contribution < -0.4 is 10.1 Å². The molecule has 1 saturated heterocycles. The van der Waals surface area contributed by atoms with Gasteiger partial charge in [-0.1, -0.05) is 12.1 Å². The molecule has 0 bridgehead atoms. The second-order valence-corrected chi connectivity index (χ2v) is 8.93. The van der Waals surface area contributed by atoms with Crippen molar-refractivity contribution >= 4 is 15.9 Å². The van der Waals surface area contributed by atoms with Crippen LogP contribution in [0, 0.1) is 12.7 Å². The van der Waals surface area contributed by atoms with E-state index in [-0.39, 0.29) is 17.3 Å². The molecule has 3 rings (SSSR count). The van der Waals surface area contributed by atoms with Gasteiger partial charge in [-0.2, -0.15) is 4.31 Å². The van der Waals surface area contributed by atoms with Gasteiger partial charge in [-0.3, -0.25) is 4.79 Å². The molecular formula is C21H25FN2O4S. The van der Waals surface area contributed by atoms with Crippen LogP contribution in [0.4, 0.5) is 4.39 Å². The molecular weight excluding hydrogens is 395 g/mol. The first-order valence-electron chi connectivity index (χ1n) is 9.62. The van der Waals surface area contributed by atoms with Gasteiger partial charge in [-0.05, 0) is 68.1 Å². The largest absolute Gasteiger partial charge is 0.494 e. The summed E-state index contributed by atoms with van der Waals surface area (Å²) in [4.78, 5) is 12.5. The number of hydrogen-bond donors (Lipinski definition) is 1. The van der Waals surface area contributed by atoms with Crippen LogP contribution in [0.2, 0.25) is 0 Å². The van der Waals surface area contributed by atoms with Crippen LogP contribution in [-0.4, -0.2) is 44.4 Å². The Balaban J connectivity index is 1.51. The number of sulfonamides is 1. The molecule has 1 unspecified atom stereocenters. The number of carbonyl (C=O) groups is 1. The highest BCUT2D eigenvalue weighted by atomic mass is 32.2. The zero-order valence-electron chi connectivity index (χ0n) is 16.3. The Hall–Kier alpha value is -2.45. The van der Waals surface area contributed by atoms with Crippen molar-refractivity contribution in [2.45, 2.75) is 37.1 Å². The second kappa shape index (κ2) is 9.37. The van der Waals surface area contributed by atoms with Crippen molar-refractivity contribution in [3.63, 3.8) is 0 Å². The van der Waals surface area contributed by atoms with Crippen LogP contribution >= 0.6 is 0 Å². The number of aryl methyl sites for hydroxylation is 1.